The van der Waals surface area contributed by atoms with Crippen molar-refractivity contribution in [2.45, 2.75) is 45.2 Å². The molecule has 98 valence electrons. The molecule has 0 saturated carbocycles. The van der Waals surface area contributed by atoms with Crippen molar-refractivity contribution in [1.82, 2.24) is 10.6 Å². The largest absolute Gasteiger partial charge is 0.350 e. The molecule has 1 saturated heterocycles. The highest BCUT2D eigenvalue weighted by Crippen LogP contribution is 2.18. The lowest BCUT2D eigenvalue weighted by atomic mass is 9.90. The highest BCUT2D eigenvalue weighted by atomic mass is 16.2. The molecule has 1 unspecified atom stereocenters. The van der Waals surface area contributed by atoms with Crippen LogP contribution in [0.3, 0.4) is 0 Å². The van der Waals surface area contributed by atoms with Gasteiger partial charge in [0.05, 0.1) is 5.54 Å². The zero-order valence-corrected chi connectivity index (χ0v) is 11.3. The third kappa shape index (κ3) is 3.10. The smallest absolute Gasteiger partial charge is 0.240 e. The molecule has 0 radical (unpaired) electrons. The van der Waals surface area contributed by atoms with E-state index in [0.29, 0.717) is 6.54 Å². The Hall–Kier alpha value is -1.35. The fraction of sp³-hybridized carbons (Fsp3) is 0.533. The summed E-state index contributed by atoms with van der Waals surface area (Å²) in [6, 6.07) is 8.27. The minimum Gasteiger partial charge on any atom is -0.350 e. The van der Waals surface area contributed by atoms with E-state index >= 15 is 0 Å². The molecule has 1 heterocycles. The number of nitrogens with one attached hydrogen (secondary N) is 2. The molecule has 0 bridgehead atoms. The highest BCUT2D eigenvalue weighted by molar-refractivity contribution is 5.85. The van der Waals surface area contributed by atoms with Gasteiger partial charge < -0.3 is 10.6 Å². The number of hydrogen-bond donors (Lipinski definition) is 2. The van der Waals surface area contributed by atoms with Crippen LogP contribution in [0, 0.1) is 6.92 Å². The molecular weight excluding hydrogens is 224 g/mol. The first-order chi connectivity index (χ1) is 8.60. The summed E-state index contributed by atoms with van der Waals surface area (Å²) in [5.41, 5.74) is 2.00. The van der Waals surface area contributed by atoms with Gasteiger partial charge in [-0.1, -0.05) is 29.8 Å². The lowest BCUT2D eigenvalue weighted by Crippen LogP contribution is -2.56. The van der Waals surface area contributed by atoms with Crippen LogP contribution in [0.1, 0.15) is 37.3 Å². The molecule has 1 aliphatic rings. The predicted molar refractivity (Wildman–Crippen MR) is 73.3 cm³/mol. The van der Waals surface area contributed by atoms with Crippen molar-refractivity contribution in [3.05, 3.63) is 35.4 Å². The Morgan fingerprint density at radius 3 is 2.67 bits per heavy atom. The van der Waals surface area contributed by atoms with Crippen LogP contribution in [-0.4, -0.2) is 18.0 Å². The van der Waals surface area contributed by atoms with Gasteiger partial charge in [-0.2, -0.15) is 0 Å². The molecule has 3 nitrogen and oxygen atoms in total. The summed E-state index contributed by atoms with van der Waals surface area (Å²) in [6.45, 7) is 5.61. The van der Waals surface area contributed by atoms with Crippen molar-refractivity contribution in [2.75, 3.05) is 6.54 Å². The standard InChI is InChI=1S/C15H22N2O/c1-12-5-7-13(8-6-12)11-16-14(18)15(2)9-3-4-10-17-15/h5-8,17H,3-4,9-11H2,1-2H3,(H,16,18). The number of carbonyl (C=O) groups is 1. The Kier molecular flexibility index (Phi) is 4.02. The maximum absolute atomic E-state index is 12.2. The van der Waals surface area contributed by atoms with E-state index in [9.17, 15) is 4.79 Å². The first kappa shape index (κ1) is 13.1. The molecule has 1 amide bonds. The Labute approximate surface area is 109 Å². The Bertz CT molecular complexity index is 405. The number of hydrogen-bond acceptors (Lipinski definition) is 2. The van der Waals surface area contributed by atoms with E-state index in [4.69, 9.17) is 0 Å². The third-order valence-corrected chi connectivity index (χ3v) is 3.69. The predicted octanol–water partition coefficient (Wildman–Crippen LogP) is 2.14. The molecule has 1 aromatic rings. The Balaban J connectivity index is 1.89. The molecule has 1 aromatic carbocycles. The van der Waals surface area contributed by atoms with Crippen molar-refractivity contribution in [3.63, 3.8) is 0 Å². The van der Waals surface area contributed by atoms with Gasteiger partial charge in [-0.25, -0.2) is 0 Å². The normalized spacial score (nSPS) is 23.7. The molecule has 18 heavy (non-hydrogen) atoms. The van der Waals surface area contributed by atoms with E-state index in [2.05, 4.69) is 41.8 Å². The Morgan fingerprint density at radius 1 is 1.33 bits per heavy atom. The zero-order valence-electron chi connectivity index (χ0n) is 11.3. The van der Waals surface area contributed by atoms with Crippen molar-refractivity contribution >= 4 is 5.91 Å². The van der Waals surface area contributed by atoms with Crippen LogP contribution in [0.2, 0.25) is 0 Å². The summed E-state index contributed by atoms with van der Waals surface area (Å²) in [6.07, 6.45) is 3.22. The van der Waals surface area contributed by atoms with Crippen LogP contribution < -0.4 is 10.6 Å². The molecule has 0 spiro atoms. The van der Waals surface area contributed by atoms with Gasteiger partial charge in [0.1, 0.15) is 0 Å². The van der Waals surface area contributed by atoms with E-state index in [0.717, 1.165) is 24.9 Å². The lowest BCUT2D eigenvalue weighted by molar-refractivity contribution is -0.128. The van der Waals surface area contributed by atoms with Gasteiger partial charge in [0.15, 0.2) is 0 Å². The van der Waals surface area contributed by atoms with Gasteiger partial charge >= 0.3 is 0 Å². The summed E-state index contributed by atoms with van der Waals surface area (Å²) < 4.78 is 0. The van der Waals surface area contributed by atoms with E-state index in [1.165, 1.54) is 12.0 Å². The lowest BCUT2D eigenvalue weighted by Gasteiger charge is -2.33. The quantitative estimate of drug-likeness (QED) is 0.858. The fourth-order valence-electron chi connectivity index (χ4n) is 2.33. The zero-order chi connectivity index (χ0) is 13.0. The van der Waals surface area contributed by atoms with Crippen molar-refractivity contribution in [3.8, 4) is 0 Å². The van der Waals surface area contributed by atoms with Crippen LogP contribution in [0.4, 0.5) is 0 Å². The Morgan fingerprint density at radius 2 is 2.06 bits per heavy atom. The van der Waals surface area contributed by atoms with Crippen LogP contribution in [-0.2, 0) is 11.3 Å². The molecule has 2 rings (SSSR count). The molecule has 1 fully saturated rings. The number of rotatable bonds is 3. The number of amides is 1. The minimum absolute atomic E-state index is 0.114. The molecule has 3 heteroatoms. The molecule has 0 aromatic heterocycles. The van der Waals surface area contributed by atoms with Crippen LogP contribution in [0.25, 0.3) is 0 Å². The van der Waals surface area contributed by atoms with E-state index in [-0.39, 0.29) is 11.4 Å². The van der Waals surface area contributed by atoms with Crippen LogP contribution in [0.5, 0.6) is 0 Å². The fourth-order valence-corrected chi connectivity index (χ4v) is 2.33. The van der Waals surface area contributed by atoms with E-state index < -0.39 is 0 Å². The van der Waals surface area contributed by atoms with Gasteiger partial charge in [-0.15, -0.1) is 0 Å². The maximum atomic E-state index is 12.2. The van der Waals surface area contributed by atoms with Gasteiger partial charge in [-0.05, 0) is 45.2 Å². The summed E-state index contributed by atoms with van der Waals surface area (Å²) in [7, 11) is 0. The molecule has 2 N–H and O–H groups in total. The second-order valence-corrected chi connectivity index (χ2v) is 5.38. The summed E-state index contributed by atoms with van der Waals surface area (Å²) in [5, 5.41) is 6.36. The maximum Gasteiger partial charge on any atom is 0.240 e. The van der Waals surface area contributed by atoms with Gasteiger partial charge in [-0.3, -0.25) is 4.79 Å². The van der Waals surface area contributed by atoms with Crippen molar-refractivity contribution in [1.29, 1.82) is 0 Å². The minimum atomic E-state index is -0.386. The molecular formula is C15H22N2O. The average Bonchev–Trinajstić information content (AvgIpc) is 2.38. The van der Waals surface area contributed by atoms with Gasteiger partial charge in [0, 0.05) is 6.54 Å². The average molecular weight is 246 g/mol. The van der Waals surface area contributed by atoms with Crippen LogP contribution >= 0.6 is 0 Å². The van der Waals surface area contributed by atoms with Gasteiger partial charge in [0.2, 0.25) is 5.91 Å². The van der Waals surface area contributed by atoms with Gasteiger partial charge in [0.25, 0.3) is 0 Å². The first-order valence-electron chi connectivity index (χ1n) is 6.69. The number of carbonyl (C=O) groups excluding carboxylic acids is 1. The monoisotopic (exact) mass is 246 g/mol. The van der Waals surface area contributed by atoms with E-state index in [1.54, 1.807) is 0 Å². The number of benzene rings is 1. The molecule has 1 aliphatic heterocycles. The first-order valence-corrected chi connectivity index (χ1v) is 6.69. The SMILES string of the molecule is Cc1ccc(CNC(=O)C2(C)CCCCN2)cc1. The van der Waals surface area contributed by atoms with Crippen LogP contribution in [0.15, 0.2) is 24.3 Å². The number of piperidine rings is 1. The topological polar surface area (TPSA) is 41.1 Å². The summed E-state index contributed by atoms with van der Waals surface area (Å²) >= 11 is 0. The van der Waals surface area contributed by atoms with E-state index in [1.807, 2.05) is 6.92 Å². The second kappa shape index (κ2) is 5.53. The summed E-state index contributed by atoms with van der Waals surface area (Å²) in [4.78, 5) is 12.2. The third-order valence-electron chi connectivity index (χ3n) is 3.69. The molecule has 0 aliphatic carbocycles. The van der Waals surface area contributed by atoms with Crippen molar-refractivity contribution < 1.29 is 4.79 Å². The molecule has 1 atom stereocenters. The second-order valence-electron chi connectivity index (χ2n) is 5.38. The number of aryl methyl sites for hydroxylation is 1. The highest BCUT2D eigenvalue weighted by Gasteiger charge is 2.33. The van der Waals surface area contributed by atoms with Crippen molar-refractivity contribution in [2.24, 2.45) is 0 Å². The summed E-state index contributed by atoms with van der Waals surface area (Å²) in [5.74, 6) is 0.114.